The van der Waals surface area contributed by atoms with E-state index < -0.39 is 0 Å². The molecular formula is C9H16N4O2. The van der Waals surface area contributed by atoms with Crippen molar-refractivity contribution in [2.75, 3.05) is 26.0 Å². The molecule has 0 bridgehead atoms. The number of hydrogen-bond donors (Lipinski definition) is 2. The molecule has 1 rings (SSSR count). The molecule has 6 heteroatoms. The number of nitrogens with zero attached hydrogens (tertiary/aromatic N) is 2. The van der Waals surface area contributed by atoms with Gasteiger partial charge in [-0.2, -0.15) is 5.10 Å². The molecule has 1 heterocycles. The number of rotatable bonds is 5. The van der Waals surface area contributed by atoms with Gasteiger partial charge in [-0.05, 0) is 6.92 Å². The van der Waals surface area contributed by atoms with Crippen LogP contribution in [0.4, 0.5) is 5.82 Å². The number of aromatic nitrogens is 2. The number of amides is 1. The summed E-state index contributed by atoms with van der Waals surface area (Å²) in [7, 11) is 1.59. The molecule has 0 aliphatic carbocycles. The minimum Gasteiger partial charge on any atom is -0.383 e. The first-order valence-electron chi connectivity index (χ1n) is 4.68. The molecule has 0 aliphatic rings. The zero-order chi connectivity index (χ0) is 11.3. The molecule has 3 N–H and O–H groups in total. The highest BCUT2D eigenvalue weighted by molar-refractivity contribution is 5.75. The highest BCUT2D eigenvalue weighted by Gasteiger charge is 2.05. The van der Waals surface area contributed by atoms with Gasteiger partial charge in [0, 0.05) is 25.4 Å². The van der Waals surface area contributed by atoms with E-state index in [1.807, 2.05) is 6.92 Å². The molecule has 1 aromatic rings. The first-order chi connectivity index (χ1) is 7.13. The Labute approximate surface area is 88.4 Å². The lowest BCUT2D eigenvalue weighted by Crippen LogP contribution is -2.30. The van der Waals surface area contributed by atoms with E-state index in [9.17, 15) is 4.79 Å². The smallest absolute Gasteiger partial charge is 0.241 e. The van der Waals surface area contributed by atoms with Crippen molar-refractivity contribution in [1.82, 2.24) is 15.1 Å². The fraction of sp³-hybridized carbons (Fsp3) is 0.556. The molecule has 0 unspecified atom stereocenters. The lowest BCUT2D eigenvalue weighted by Gasteiger charge is -2.03. The summed E-state index contributed by atoms with van der Waals surface area (Å²) in [4.78, 5) is 11.3. The van der Waals surface area contributed by atoms with Crippen molar-refractivity contribution in [3.05, 3.63) is 11.8 Å². The van der Waals surface area contributed by atoms with Crippen LogP contribution in [0.3, 0.4) is 0 Å². The number of hydrogen-bond acceptors (Lipinski definition) is 4. The van der Waals surface area contributed by atoms with Crippen LogP contribution < -0.4 is 11.1 Å². The summed E-state index contributed by atoms with van der Waals surface area (Å²) in [6.45, 7) is 3.04. The Kier molecular flexibility index (Phi) is 4.11. The molecule has 1 amide bonds. The Bertz CT molecular complexity index is 315. The van der Waals surface area contributed by atoms with Gasteiger partial charge < -0.3 is 15.8 Å². The standard InChI is InChI=1S/C9H16N4O2/c1-7-5-13(12-9(7)10)6-8(14)11-3-4-15-2/h5H,3-4,6H2,1-2H3,(H2,10,12)(H,11,14). The van der Waals surface area contributed by atoms with E-state index in [1.165, 1.54) is 4.68 Å². The van der Waals surface area contributed by atoms with E-state index in [-0.39, 0.29) is 12.5 Å². The van der Waals surface area contributed by atoms with Crippen molar-refractivity contribution in [2.24, 2.45) is 0 Å². The summed E-state index contributed by atoms with van der Waals surface area (Å²) >= 11 is 0. The maximum atomic E-state index is 11.3. The van der Waals surface area contributed by atoms with Crippen LogP contribution >= 0.6 is 0 Å². The van der Waals surface area contributed by atoms with Gasteiger partial charge in [-0.25, -0.2) is 0 Å². The highest BCUT2D eigenvalue weighted by atomic mass is 16.5. The first-order valence-corrected chi connectivity index (χ1v) is 4.68. The Morgan fingerprint density at radius 2 is 2.47 bits per heavy atom. The van der Waals surface area contributed by atoms with E-state index in [1.54, 1.807) is 13.3 Å². The molecule has 84 valence electrons. The minimum atomic E-state index is -0.102. The minimum absolute atomic E-state index is 0.102. The second-order valence-electron chi connectivity index (χ2n) is 3.24. The lowest BCUT2D eigenvalue weighted by atomic mass is 10.4. The molecule has 0 saturated carbocycles. The predicted octanol–water partition coefficient (Wildman–Crippen LogP) is -0.464. The maximum Gasteiger partial charge on any atom is 0.241 e. The van der Waals surface area contributed by atoms with Crippen molar-refractivity contribution < 1.29 is 9.53 Å². The van der Waals surface area contributed by atoms with Crippen molar-refractivity contribution in [2.45, 2.75) is 13.5 Å². The Morgan fingerprint density at radius 1 is 1.73 bits per heavy atom. The Balaban J connectivity index is 2.37. The third-order valence-corrected chi connectivity index (χ3v) is 1.92. The summed E-state index contributed by atoms with van der Waals surface area (Å²) in [5.74, 6) is 0.356. The van der Waals surface area contributed by atoms with Gasteiger partial charge in [0.25, 0.3) is 0 Å². The van der Waals surface area contributed by atoms with Crippen molar-refractivity contribution in [3.8, 4) is 0 Å². The summed E-state index contributed by atoms with van der Waals surface area (Å²) in [5, 5.41) is 6.68. The SMILES string of the molecule is COCCNC(=O)Cn1cc(C)c(N)n1. The second kappa shape index (κ2) is 5.35. The van der Waals surface area contributed by atoms with Crippen LogP contribution in [0.15, 0.2) is 6.20 Å². The number of carbonyl (C=O) groups is 1. The van der Waals surface area contributed by atoms with E-state index >= 15 is 0 Å². The van der Waals surface area contributed by atoms with Crippen molar-refractivity contribution in [3.63, 3.8) is 0 Å². The first kappa shape index (κ1) is 11.5. The van der Waals surface area contributed by atoms with Crippen LogP contribution in [0.25, 0.3) is 0 Å². The molecule has 0 aliphatic heterocycles. The fourth-order valence-corrected chi connectivity index (χ4v) is 1.11. The maximum absolute atomic E-state index is 11.3. The monoisotopic (exact) mass is 212 g/mol. The fourth-order valence-electron chi connectivity index (χ4n) is 1.11. The van der Waals surface area contributed by atoms with Crippen molar-refractivity contribution in [1.29, 1.82) is 0 Å². The molecular weight excluding hydrogens is 196 g/mol. The third-order valence-electron chi connectivity index (χ3n) is 1.92. The van der Waals surface area contributed by atoms with Crippen LogP contribution in [-0.4, -0.2) is 35.9 Å². The van der Waals surface area contributed by atoms with Gasteiger partial charge in [-0.3, -0.25) is 9.48 Å². The van der Waals surface area contributed by atoms with E-state index in [0.717, 1.165) is 5.56 Å². The molecule has 6 nitrogen and oxygen atoms in total. The van der Waals surface area contributed by atoms with Gasteiger partial charge >= 0.3 is 0 Å². The van der Waals surface area contributed by atoms with Gasteiger partial charge in [0.15, 0.2) is 0 Å². The van der Waals surface area contributed by atoms with Gasteiger partial charge in [0.2, 0.25) is 5.91 Å². The predicted molar refractivity (Wildman–Crippen MR) is 56.3 cm³/mol. The third kappa shape index (κ3) is 3.59. The molecule has 0 atom stereocenters. The number of ether oxygens (including phenoxy) is 1. The Morgan fingerprint density at radius 3 is 3.00 bits per heavy atom. The number of nitrogens with one attached hydrogen (secondary N) is 1. The summed E-state index contributed by atoms with van der Waals surface area (Å²) in [6.07, 6.45) is 1.74. The number of carbonyl (C=O) groups excluding carboxylic acids is 1. The van der Waals surface area contributed by atoms with Gasteiger partial charge in [-0.15, -0.1) is 0 Å². The molecule has 0 aromatic carbocycles. The zero-order valence-corrected chi connectivity index (χ0v) is 8.99. The van der Waals surface area contributed by atoms with Crippen LogP contribution in [0.2, 0.25) is 0 Å². The number of nitrogens with two attached hydrogens (primary N) is 1. The van der Waals surface area contributed by atoms with Crippen LogP contribution in [0.1, 0.15) is 5.56 Å². The van der Waals surface area contributed by atoms with Crippen molar-refractivity contribution >= 4 is 11.7 Å². The van der Waals surface area contributed by atoms with E-state index in [0.29, 0.717) is 19.0 Å². The largest absolute Gasteiger partial charge is 0.383 e. The molecule has 0 radical (unpaired) electrons. The van der Waals surface area contributed by atoms with E-state index in [4.69, 9.17) is 10.5 Å². The molecule has 1 aromatic heterocycles. The van der Waals surface area contributed by atoms with Crippen LogP contribution in [0, 0.1) is 6.92 Å². The summed E-state index contributed by atoms with van der Waals surface area (Å²) in [6, 6.07) is 0. The van der Waals surface area contributed by atoms with Crippen LogP contribution in [-0.2, 0) is 16.1 Å². The quantitative estimate of drug-likeness (QED) is 0.647. The normalized spacial score (nSPS) is 10.3. The number of anilines is 1. The van der Waals surface area contributed by atoms with Gasteiger partial charge in [0.1, 0.15) is 12.4 Å². The summed E-state index contributed by atoms with van der Waals surface area (Å²) < 4.78 is 6.33. The number of aryl methyl sites for hydroxylation is 1. The highest BCUT2D eigenvalue weighted by Crippen LogP contribution is 2.05. The van der Waals surface area contributed by atoms with Gasteiger partial charge in [-0.1, -0.05) is 0 Å². The van der Waals surface area contributed by atoms with Gasteiger partial charge in [0.05, 0.1) is 6.61 Å². The number of nitrogen functional groups attached to an aromatic ring is 1. The second-order valence-corrected chi connectivity index (χ2v) is 3.24. The van der Waals surface area contributed by atoms with Crippen LogP contribution in [0.5, 0.6) is 0 Å². The molecule has 0 fully saturated rings. The summed E-state index contributed by atoms with van der Waals surface area (Å²) in [5.41, 5.74) is 6.43. The average Bonchev–Trinajstić information content (AvgIpc) is 2.46. The van der Waals surface area contributed by atoms with E-state index in [2.05, 4.69) is 10.4 Å². The number of methoxy groups -OCH3 is 1. The average molecular weight is 212 g/mol. The molecule has 15 heavy (non-hydrogen) atoms. The zero-order valence-electron chi connectivity index (χ0n) is 8.99. The molecule has 0 saturated heterocycles. The lowest BCUT2D eigenvalue weighted by molar-refractivity contribution is -0.122. The topological polar surface area (TPSA) is 82.2 Å². The Hall–Kier alpha value is -1.56. The molecule has 0 spiro atoms.